The molecule has 0 radical (unpaired) electrons. The van der Waals surface area contributed by atoms with Crippen molar-refractivity contribution in [1.82, 2.24) is 9.55 Å². The summed E-state index contributed by atoms with van der Waals surface area (Å²) in [5.41, 5.74) is -0.336. The van der Waals surface area contributed by atoms with Crippen molar-refractivity contribution in [3.8, 4) is 0 Å². The van der Waals surface area contributed by atoms with Crippen LogP contribution in [0.15, 0.2) is 30.9 Å². The minimum absolute atomic E-state index is 0.00753. The van der Waals surface area contributed by atoms with Gasteiger partial charge in [-0.05, 0) is 12.5 Å². The van der Waals surface area contributed by atoms with E-state index in [9.17, 15) is 18.4 Å². The normalized spacial score (nSPS) is 13.9. The maximum Gasteiger partial charge on any atom is 0.299 e. The van der Waals surface area contributed by atoms with Gasteiger partial charge < -0.3 is 9.47 Å². The Hall–Kier alpha value is -2.57. The average molecular weight is 291 g/mol. The third-order valence-corrected chi connectivity index (χ3v) is 3.35. The Bertz CT molecular complexity index is 713. The minimum atomic E-state index is -1.000. The van der Waals surface area contributed by atoms with Crippen molar-refractivity contribution < 1.29 is 18.4 Å². The standard InChI is InChI=1S/C14H11F2N3O2/c15-9-6-10(16)12-11(7-9)19(14(21)13(12)20)4-1-3-18-5-2-17-8-18/h2,5-8H,1,3-4H2. The Balaban J connectivity index is 1.80. The van der Waals surface area contributed by atoms with Crippen LogP contribution in [0.5, 0.6) is 0 Å². The lowest BCUT2D eigenvalue weighted by Gasteiger charge is -2.16. The van der Waals surface area contributed by atoms with Crippen LogP contribution in [0, 0.1) is 11.6 Å². The fraction of sp³-hybridized carbons (Fsp3) is 0.214. The number of hydrogen-bond acceptors (Lipinski definition) is 3. The highest BCUT2D eigenvalue weighted by molar-refractivity contribution is 6.52. The van der Waals surface area contributed by atoms with Crippen molar-refractivity contribution in [3.05, 3.63) is 48.1 Å². The van der Waals surface area contributed by atoms with Gasteiger partial charge >= 0.3 is 0 Å². The quantitative estimate of drug-likeness (QED) is 0.807. The number of Topliss-reactive ketones (excluding diaryl/α,β-unsaturated/α-hetero) is 1. The topological polar surface area (TPSA) is 55.2 Å². The van der Waals surface area contributed by atoms with Gasteiger partial charge in [0.2, 0.25) is 0 Å². The number of halogens is 2. The third kappa shape index (κ3) is 2.31. The molecule has 2 aromatic rings. The molecule has 0 atom stereocenters. The van der Waals surface area contributed by atoms with Crippen molar-refractivity contribution in [3.63, 3.8) is 0 Å². The monoisotopic (exact) mass is 291 g/mol. The van der Waals surface area contributed by atoms with Gasteiger partial charge in [0.1, 0.15) is 11.6 Å². The summed E-state index contributed by atoms with van der Waals surface area (Å²) < 4.78 is 28.8. The van der Waals surface area contributed by atoms with Crippen molar-refractivity contribution in [2.75, 3.05) is 11.4 Å². The molecule has 3 rings (SSSR count). The van der Waals surface area contributed by atoms with E-state index in [1.54, 1.807) is 18.7 Å². The minimum Gasteiger partial charge on any atom is -0.337 e. The molecule has 2 heterocycles. The highest BCUT2D eigenvalue weighted by atomic mass is 19.1. The molecule has 1 aromatic carbocycles. The molecule has 1 amide bonds. The Morgan fingerprint density at radius 3 is 2.67 bits per heavy atom. The lowest BCUT2D eigenvalue weighted by molar-refractivity contribution is -0.114. The number of imidazole rings is 1. The number of carbonyl (C=O) groups excluding carboxylic acids is 2. The number of nitrogens with zero attached hydrogens (tertiary/aromatic N) is 3. The smallest absolute Gasteiger partial charge is 0.299 e. The second kappa shape index (κ2) is 5.08. The first-order valence-electron chi connectivity index (χ1n) is 6.39. The zero-order valence-corrected chi connectivity index (χ0v) is 10.9. The molecule has 0 saturated heterocycles. The predicted octanol–water partition coefficient (Wildman–Crippen LogP) is 1.78. The van der Waals surface area contributed by atoms with E-state index in [1.165, 1.54) is 0 Å². The summed E-state index contributed by atoms with van der Waals surface area (Å²) in [5.74, 6) is -3.56. The molecule has 1 aliphatic heterocycles. The number of rotatable bonds is 4. The second-order valence-corrected chi connectivity index (χ2v) is 4.72. The molecule has 1 aliphatic rings. The Kier molecular flexibility index (Phi) is 3.25. The summed E-state index contributed by atoms with van der Waals surface area (Å²) in [6.07, 6.45) is 5.56. The summed E-state index contributed by atoms with van der Waals surface area (Å²) >= 11 is 0. The van der Waals surface area contributed by atoms with Crippen molar-refractivity contribution in [1.29, 1.82) is 0 Å². The van der Waals surface area contributed by atoms with E-state index in [-0.39, 0.29) is 17.8 Å². The molecule has 0 N–H and O–H groups in total. The Labute approximate surface area is 118 Å². The molecule has 0 spiro atoms. The number of amides is 1. The molecule has 1 aromatic heterocycles. The zero-order chi connectivity index (χ0) is 15.0. The molecule has 0 fully saturated rings. The van der Waals surface area contributed by atoms with E-state index >= 15 is 0 Å². The number of carbonyl (C=O) groups is 2. The fourth-order valence-electron chi connectivity index (χ4n) is 2.39. The highest BCUT2D eigenvalue weighted by Crippen LogP contribution is 2.32. The zero-order valence-electron chi connectivity index (χ0n) is 10.9. The number of hydrogen-bond donors (Lipinski definition) is 0. The van der Waals surface area contributed by atoms with Crippen molar-refractivity contribution >= 4 is 17.4 Å². The molecule has 0 saturated carbocycles. The van der Waals surface area contributed by atoms with Crippen LogP contribution in [0.25, 0.3) is 0 Å². The SMILES string of the molecule is O=C1C(=O)N(CCCn2ccnc2)c2cc(F)cc(F)c21. The van der Waals surface area contributed by atoms with Gasteiger partial charge in [0.25, 0.3) is 11.7 Å². The molecule has 0 bridgehead atoms. The van der Waals surface area contributed by atoms with E-state index in [0.717, 1.165) is 11.0 Å². The molecule has 0 aliphatic carbocycles. The van der Waals surface area contributed by atoms with E-state index in [2.05, 4.69) is 4.98 Å². The van der Waals surface area contributed by atoms with Crippen LogP contribution in [0.2, 0.25) is 0 Å². The van der Waals surface area contributed by atoms with E-state index in [4.69, 9.17) is 0 Å². The van der Waals surface area contributed by atoms with Crippen LogP contribution in [0.1, 0.15) is 16.8 Å². The molecular weight excluding hydrogens is 280 g/mol. The van der Waals surface area contributed by atoms with Gasteiger partial charge in [0, 0.05) is 31.5 Å². The van der Waals surface area contributed by atoms with Crippen LogP contribution in [-0.4, -0.2) is 27.8 Å². The molecule has 108 valence electrons. The molecular formula is C14H11F2N3O2. The van der Waals surface area contributed by atoms with Gasteiger partial charge in [-0.3, -0.25) is 9.59 Å². The highest BCUT2D eigenvalue weighted by Gasteiger charge is 2.38. The Morgan fingerprint density at radius 2 is 1.95 bits per heavy atom. The summed E-state index contributed by atoms with van der Waals surface area (Å²) in [4.78, 5) is 28.7. The van der Waals surface area contributed by atoms with Gasteiger partial charge in [-0.15, -0.1) is 0 Å². The third-order valence-electron chi connectivity index (χ3n) is 3.35. The number of anilines is 1. The molecule has 21 heavy (non-hydrogen) atoms. The first-order valence-corrected chi connectivity index (χ1v) is 6.39. The van der Waals surface area contributed by atoms with E-state index < -0.39 is 23.3 Å². The summed E-state index contributed by atoms with van der Waals surface area (Å²) in [5, 5.41) is 0. The lowest BCUT2D eigenvalue weighted by atomic mass is 10.1. The van der Waals surface area contributed by atoms with Crippen LogP contribution in [0.4, 0.5) is 14.5 Å². The van der Waals surface area contributed by atoms with Crippen LogP contribution in [0.3, 0.4) is 0 Å². The number of benzene rings is 1. The summed E-state index contributed by atoms with van der Waals surface area (Å²) in [6.45, 7) is 0.795. The van der Waals surface area contributed by atoms with Crippen molar-refractivity contribution in [2.45, 2.75) is 13.0 Å². The van der Waals surface area contributed by atoms with Gasteiger partial charge in [-0.25, -0.2) is 13.8 Å². The van der Waals surface area contributed by atoms with E-state index in [0.29, 0.717) is 19.0 Å². The average Bonchev–Trinajstić information content (AvgIpc) is 3.01. The first kappa shape index (κ1) is 13.4. The number of ketones is 1. The predicted molar refractivity (Wildman–Crippen MR) is 69.9 cm³/mol. The second-order valence-electron chi connectivity index (χ2n) is 4.72. The van der Waals surface area contributed by atoms with Crippen LogP contribution in [-0.2, 0) is 11.3 Å². The van der Waals surface area contributed by atoms with Crippen LogP contribution >= 0.6 is 0 Å². The maximum atomic E-state index is 13.6. The number of aryl methyl sites for hydroxylation is 1. The van der Waals surface area contributed by atoms with Gasteiger partial charge in [0.05, 0.1) is 17.6 Å². The van der Waals surface area contributed by atoms with Gasteiger partial charge in [-0.2, -0.15) is 0 Å². The summed E-state index contributed by atoms with van der Waals surface area (Å²) in [6, 6.07) is 1.62. The first-order chi connectivity index (χ1) is 10.1. The number of aromatic nitrogens is 2. The van der Waals surface area contributed by atoms with Crippen molar-refractivity contribution in [2.24, 2.45) is 0 Å². The van der Waals surface area contributed by atoms with Gasteiger partial charge in [-0.1, -0.05) is 0 Å². The maximum absolute atomic E-state index is 13.6. The largest absolute Gasteiger partial charge is 0.337 e. The Morgan fingerprint density at radius 1 is 1.14 bits per heavy atom. The lowest BCUT2D eigenvalue weighted by Crippen LogP contribution is -2.31. The van der Waals surface area contributed by atoms with Crippen LogP contribution < -0.4 is 4.90 Å². The molecule has 7 heteroatoms. The van der Waals surface area contributed by atoms with E-state index in [1.807, 2.05) is 4.57 Å². The molecule has 0 unspecified atom stereocenters. The van der Waals surface area contributed by atoms with Gasteiger partial charge in [0.15, 0.2) is 0 Å². The summed E-state index contributed by atoms with van der Waals surface area (Å²) in [7, 11) is 0. The fourth-order valence-corrected chi connectivity index (χ4v) is 2.39. The molecule has 5 nitrogen and oxygen atoms in total. The number of fused-ring (bicyclic) bond motifs is 1.